The molecule has 32 heavy (non-hydrogen) atoms. The second-order valence-electron chi connectivity index (χ2n) is 8.32. The predicted octanol–water partition coefficient (Wildman–Crippen LogP) is 4.67. The van der Waals surface area contributed by atoms with E-state index in [0.29, 0.717) is 36.8 Å². The van der Waals surface area contributed by atoms with Gasteiger partial charge in [0.15, 0.2) is 0 Å². The molecule has 1 saturated heterocycles. The molecule has 0 aromatic heterocycles. The Morgan fingerprint density at radius 3 is 2.50 bits per heavy atom. The van der Waals surface area contributed by atoms with Gasteiger partial charge in [-0.15, -0.1) is 0 Å². The molecule has 6 nitrogen and oxygen atoms in total. The lowest BCUT2D eigenvalue weighted by molar-refractivity contribution is -0.122. The quantitative estimate of drug-likeness (QED) is 0.655. The van der Waals surface area contributed by atoms with Crippen LogP contribution in [-0.4, -0.2) is 42.3 Å². The van der Waals surface area contributed by atoms with Gasteiger partial charge in [-0.1, -0.05) is 38.1 Å². The van der Waals surface area contributed by atoms with Gasteiger partial charge in [0.1, 0.15) is 0 Å². The van der Waals surface area contributed by atoms with E-state index in [1.165, 1.54) is 0 Å². The minimum absolute atomic E-state index is 0.0358. The van der Waals surface area contributed by atoms with Crippen molar-refractivity contribution in [3.63, 3.8) is 0 Å². The van der Waals surface area contributed by atoms with Crippen molar-refractivity contribution in [2.24, 2.45) is 5.92 Å². The molecule has 3 amide bonds. The monoisotopic (exact) mass is 435 g/mol. The van der Waals surface area contributed by atoms with Gasteiger partial charge in [-0.2, -0.15) is 0 Å². The first-order chi connectivity index (χ1) is 15.4. The normalized spacial score (nSPS) is 16.7. The molecule has 0 bridgehead atoms. The highest BCUT2D eigenvalue weighted by atomic mass is 16.2. The third-order valence-corrected chi connectivity index (χ3v) is 6.29. The van der Waals surface area contributed by atoms with E-state index in [1.807, 2.05) is 32.0 Å². The van der Waals surface area contributed by atoms with Crippen molar-refractivity contribution < 1.29 is 14.4 Å². The minimum Gasteiger partial charge on any atom is -0.339 e. The molecule has 0 aliphatic carbocycles. The van der Waals surface area contributed by atoms with Gasteiger partial charge in [-0.25, -0.2) is 0 Å². The van der Waals surface area contributed by atoms with Gasteiger partial charge in [0, 0.05) is 43.0 Å². The lowest BCUT2D eigenvalue weighted by Crippen LogP contribution is -2.30. The molecule has 170 valence electrons. The predicted molar refractivity (Wildman–Crippen MR) is 128 cm³/mol. The number of nitrogens with zero attached hydrogens (tertiary/aromatic N) is 2. The van der Waals surface area contributed by atoms with Crippen LogP contribution in [0, 0.1) is 5.92 Å². The van der Waals surface area contributed by atoms with E-state index in [9.17, 15) is 14.4 Å². The third kappa shape index (κ3) is 5.01. The van der Waals surface area contributed by atoms with Gasteiger partial charge in [0.2, 0.25) is 11.8 Å². The van der Waals surface area contributed by atoms with Crippen LogP contribution in [0.25, 0.3) is 0 Å². The maximum absolute atomic E-state index is 13.0. The second-order valence-corrected chi connectivity index (χ2v) is 8.32. The molecular formula is C26H33N3O3. The molecule has 6 heteroatoms. The van der Waals surface area contributed by atoms with Gasteiger partial charge in [-0.05, 0) is 56.0 Å². The number of carbonyl (C=O) groups excluding carboxylic acids is 3. The van der Waals surface area contributed by atoms with Crippen LogP contribution < -0.4 is 10.2 Å². The largest absolute Gasteiger partial charge is 0.339 e. The molecule has 0 saturated carbocycles. The van der Waals surface area contributed by atoms with E-state index in [0.717, 1.165) is 17.7 Å². The Morgan fingerprint density at radius 1 is 1.09 bits per heavy atom. The maximum Gasteiger partial charge on any atom is 0.253 e. The number of hydrogen-bond acceptors (Lipinski definition) is 3. The molecular weight excluding hydrogens is 402 g/mol. The van der Waals surface area contributed by atoms with Gasteiger partial charge < -0.3 is 15.1 Å². The minimum atomic E-state index is -0.436. The fourth-order valence-electron chi connectivity index (χ4n) is 4.15. The number of rotatable bonds is 8. The van der Waals surface area contributed by atoms with Crippen LogP contribution in [0.3, 0.4) is 0 Å². The number of benzene rings is 2. The number of anilines is 2. The SMILES string of the molecule is CCC(C)c1ccccc1N1CC(C(=O)Nc2cccc(C(=O)N(CC)CC)c2)CC1=O. The second kappa shape index (κ2) is 10.4. The van der Waals surface area contributed by atoms with Crippen molar-refractivity contribution in [3.8, 4) is 0 Å². The molecule has 1 N–H and O–H groups in total. The topological polar surface area (TPSA) is 69.7 Å². The third-order valence-electron chi connectivity index (χ3n) is 6.29. The summed E-state index contributed by atoms with van der Waals surface area (Å²) in [6.07, 6.45) is 1.16. The number of nitrogens with one attached hydrogen (secondary N) is 1. The summed E-state index contributed by atoms with van der Waals surface area (Å²) in [7, 11) is 0. The lowest BCUT2D eigenvalue weighted by atomic mass is 9.96. The summed E-state index contributed by atoms with van der Waals surface area (Å²) in [5, 5.41) is 2.91. The highest BCUT2D eigenvalue weighted by Crippen LogP contribution is 2.33. The van der Waals surface area contributed by atoms with Crippen molar-refractivity contribution in [1.29, 1.82) is 0 Å². The first kappa shape index (κ1) is 23.5. The molecule has 2 unspecified atom stereocenters. The maximum atomic E-state index is 13.0. The van der Waals surface area contributed by atoms with Crippen LogP contribution >= 0.6 is 0 Å². The van der Waals surface area contributed by atoms with E-state index in [1.54, 1.807) is 34.1 Å². The molecule has 0 radical (unpaired) electrons. The van der Waals surface area contributed by atoms with E-state index in [-0.39, 0.29) is 24.1 Å². The molecule has 2 atom stereocenters. The van der Waals surface area contributed by atoms with Crippen LogP contribution in [0.4, 0.5) is 11.4 Å². The first-order valence-corrected chi connectivity index (χ1v) is 11.5. The summed E-state index contributed by atoms with van der Waals surface area (Å²) >= 11 is 0. The molecule has 3 rings (SSSR count). The molecule has 2 aromatic carbocycles. The van der Waals surface area contributed by atoms with E-state index in [4.69, 9.17) is 0 Å². The average molecular weight is 436 g/mol. The van der Waals surface area contributed by atoms with E-state index < -0.39 is 5.92 Å². The molecule has 1 aliphatic heterocycles. The zero-order valence-electron chi connectivity index (χ0n) is 19.4. The summed E-state index contributed by atoms with van der Waals surface area (Å²) < 4.78 is 0. The summed E-state index contributed by atoms with van der Waals surface area (Å²) in [6.45, 7) is 9.77. The number of hydrogen-bond donors (Lipinski definition) is 1. The Labute approximate surface area is 190 Å². The standard InChI is InChI=1S/C26H33N3O3/c1-5-18(4)22-13-8-9-14-23(22)29-17-20(16-24(29)30)25(31)27-21-12-10-11-19(15-21)26(32)28(6-2)7-3/h8-15,18,20H,5-7,16-17H2,1-4H3,(H,27,31). The zero-order valence-corrected chi connectivity index (χ0v) is 19.4. The summed E-state index contributed by atoms with van der Waals surface area (Å²) in [6, 6.07) is 14.9. The first-order valence-electron chi connectivity index (χ1n) is 11.5. The molecule has 2 aromatic rings. The van der Waals surface area contributed by atoms with Gasteiger partial charge in [-0.3, -0.25) is 14.4 Å². The van der Waals surface area contributed by atoms with E-state index >= 15 is 0 Å². The van der Waals surface area contributed by atoms with Crippen LogP contribution in [0.15, 0.2) is 48.5 Å². The van der Waals surface area contributed by atoms with Crippen molar-refractivity contribution in [2.75, 3.05) is 29.9 Å². The Kier molecular flexibility index (Phi) is 7.67. The van der Waals surface area contributed by atoms with E-state index in [2.05, 4.69) is 25.2 Å². The fraction of sp³-hybridized carbons (Fsp3) is 0.423. The molecule has 1 heterocycles. The Hall–Kier alpha value is -3.15. The fourth-order valence-corrected chi connectivity index (χ4v) is 4.15. The van der Waals surface area contributed by atoms with Crippen molar-refractivity contribution in [1.82, 2.24) is 4.90 Å². The van der Waals surface area contributed by atoms with Gasteiger partial charge in [0.25, 0.3) is 5.91 Å². The Bertz CT molecular complexity index is 984. The number of carbonyl (C=O) groups is 3. The highest BCUT2D eigenvalue weighted by Gasteiger charge is 2.36. The lowest BCUT2D eigenvalue weighted by Gasteiger charge is -2.23. The number of para-hydroxylation sites is 1. The average Bonchev–Trinajstić information content (AvgIpc) is 3.21. The summed E-state index contributed by atoms with van der Waals surface area (Å²) in [5.41, 5.74) is 3.14. The summed E-state index contributed by atoms with van der Waals surface area (Å²) in [4.78, 5) is 41.8. The van der Waals surface area contributed by atoms with Crippen molar-refractivity contribution in [3.05, 3.63) is 59.7 Å². The molecule has 1 aliphatic rings. The highest BCUT2D eigenvalue weighted by molar-refractivity contribution is 6.04. The van der Waals surface area contributed by atoms with Gasteiger partial charge in [0.05, 0.1) is 5.92 Å². The van der Waals surface area contributed by atoms with Crippen molar-refractivity contribution >= 4 is 29.1 Å². The van der Waals surface area contributed by atoms with Crippen LogP contribution in [0.5, 0.6) is 0 Å². The van der Waals surface area contributed by atoms with Crippen LogP contribution in [-0.2, 0) is 9.59 Å². The molecule has 0 spiro atoms. The molecule has 1 fully saturated rings. The Balaban J connectivity index is 1.73. The smallest absolute Gasteiger partial charge is 0.253 e. The van der Waals surface area contributed by atoms with Crippen LogP contribution in [0.1, 0.15) is 62.4 Å². The van der Waals surface area contributed by atoms with Crippen molar-refractivity contribution in [2.45, 2.75) is 46.5 Å². The Morgan fingerprint density at radius 2 is 1.81 bits per heavy atom. The number of amides is 3. The van der Waals surface area contributed by atoms with Crippen LogP contribution in [0.2, 0.25) is 0 Å². The van der Waals surface area contributed by atoms with Gasteiger partial charge >= 0.3 is 0 Å². The summed E-state index contributed by atoms with van der Waals surface area (Å²) in [5.74, 6) is -0.400. The zero-order chi connectivity index (χ0) is 23.3.